The SMILES string of the molecule is COc1cccc(NC(=O)OC(C)(C)C)c1. The summed E-state index contributed by atoms with van der Waals surface area (Å²) in [5, 5.41) is 2.63. The van der Waals surface area contributed by atoms with Crippen molar-refractivity contribution >= 4 is 11.8 Å². The van der Waals surface area contributed by atoms with Crippen LogP contribution >= 0.6 is 0 Å². The van der Waals surface area contributed by atoms with Gasteiger partial charge in [0, 0.05) is 11.8 Å². The summed E-state index contributed by atoms with van der Waals surface area (Å²) in [6.45, 7) is 5.45. The third kappa shape index (κ3) is 4.21. The first-order valence-electron chi connectivity index (χ1n) is 5.05. The van der Waals surface area contributed by atoms with Gasteiger partial charge in [-0.05, 0) is 32.9 Å². The fraction of sp³-hybridized carbons (Fsp3) is 0.417. The van der Waals surface area contributed by atoms with E-state index in [4.69, 9.17) is 9.47 Å². The van der Waals surface area contributed by atoms with E-state index in [1.165, 1.54) is 0 Å². The van der Waals surface area contributed by atoms with Crippen molar-refractivity contribution < 1.29 is 14.3 Å². The molecule has 0 saturated heterocycles. The first-order valence-corrected chi connectivity index (χ1v) is 5.05. The Balaban J connectivity index is 2.62. The van der Waals surface area contributed by atoms with Crippen molar-refractivity contribution in [3.8, 4) is 5.75 Å². The Bertz CT molecular complexity index is 369. The number of rotatable bonds is 2. The Morgan fingerprint density at radius 3 is 2.56 bits per heavy atom. The van der Waals surface area contributed by atoms with Crippen LogP contribution in [0.25, 0.3) is 0 Å². The first-order chi connectivity index (χ1) is 7.40. The summed E-state index contributed by atoms with van der Waals surface area (Å²) in [6, 6.07) is 7.10. The Kier molecular flexibility index (Phi) is 3.77. The molecule has 88 valence electrons. The van der Waals surface area contributed by atoms with Gasteiger partial charge in [-0.3, -0.25) is 5.32 Å². The Labute approximate surface area is 95.6 Å². The maximum atomic E-state index is 11.5. The molecule has 0 spiro atoms. The van der Waals surface area contributed by atoms with Crippen molar-refractivity contribution in [2.24, 2.45) is 0 Å². The molecule has 4 heteroatoms. The molecule has 16 heavy (non-hydrogen) atoms. The Morgan fingerprint density at radius 1 is 1.31 bits per heavy atom. The lowest BCUT2D eigenvalue weighted by Gasteiger charge is -2.19. The maximum absolute atomic E-state index is 11.5. The second-order valence-electron chi connectivity index (χ2n) is 4.36. The number of hydrogen-bond acceptors (Lipinski definition) is 3. The van der Waals surface area contributed by atoms with Crippen LogP contribution in [0, 0.1) is 0 Å². The highest BCUT2D eigenvalue weighted by atomic mass is 16.6. The van der Waals surface area contributed by atoms with E-state index < -0.39 is 11.7 Å². The van der Waals surface area contributed by atoms with Crippen LogP contribution < -0.4 is 10.1 Å². The third-order valence-electron chi connectivity index (χ3n) is 1.72. The molecule has 0 aromatic heterocycles. The van der Waals surface area contributed by atoms with Gasteiger partial charge in [0.1, 0.15) is 11.4 Å². The second-order valence-corrected chi connectivity index (χ2v) is 4.36. The highest BCUT2D eigenvalue weighted by molar-refractivity contribution is 5.85. The molecule has 0 aliphatic rings. The van der Waals surface area contributed by atoms with Crippen LogP contribution in [0.15, 0.2) is 24.3 Å². The lowest BCUT2D eigenvalue weighted by atomic mass is 10.2. The van der Waals surface area contributed by atoms with E-state index in [2.05, 4.69) is 5.32 Å². The average Bonchev–Trinajstić information content (AvgIpc) is 2.15. The van der Waals surface area contributed by atoms with E-state index in [0.717, 1.165) is 0 Å². The van der Waals surface area contributed by atoms with Crippen LogP contribution in [-0.4, -0.2) is 18.8 Å². The zero-order chi connectivity index (χ0) is 12.2. The number of carbonyl (C=O) groups is 1. The van der Waals surface area contributed by atoms with Crippen LogP contribution in [0.5, 0.6) is 5.75 Å². The van der Waals surface area contributed by atoms with E-state index in [-0.39, 0.29) is 0 Å². The molecule has 1 aromatic carbocycles. The summed E-state index contributed by atoms with van der Waals surface area (Å²) < 4.78 is 10.2. The van der Waals surface area contributed by atoms with E-state index in [1.54, 1.807) is 31.4 Å². The molecule has 0 bridgehead atoms. The number of amides is 1. The van der Waals surface area contributed by atoms with Gasteiger partial charge in [0.05, 0.1) is 7.11 Å². The van der Waals surface area contributed by atoms with Gasteiger partial charge in [0.2, 0.25) is 0 Å². The van der Waals surface area contributed by atoms with Gasteiger partial charge in [-0.2, -0.15) is 0 Å². The highest BCUT2D eigenvalue weighted by Crippen LogP contribution is 2.17. The van der Waals surface area contributed by atoms with Crippen molar-refractivity contribution in [2.45, 2.75) is 26.4 Å². The average molecular weight is 223 g/mol. The van der Waals surface area contributed by atoms with Gasteiger partial charge in [0.25, 0.3) is 0 Å². The fourth-order valence-corrected chi connectivity index (χ4v) is 1.12. The fourth-order valence-electron chi connectivity index (χ4n) is 1.12. The van der Waals surface area contributed by atoms with Gasteiger partial charge in [-0.1, -0.05) is 6.07 Å². The van der Waals surface area contributed by atoms with E-state index in [1.807, 2.05) is 20.8 Å². The summed E-state index contributed by atoms with van der Waals surface area (Å²) >= 11 is 0. The normalized spacial score (nSPS) is 10.8. The summed E-state index contributed by atoms with van der Waals surface area (Å²) in [6.07, 6.45) is -0.472. The molecule has 0 radical (unpaired) electrons. The molecular weight excluding hydrogens is 206 g/mol. The number of nitrogens with one attached hydrogen (secondary N) is 1. The molecular formula is C12H17NO3. The third-order valence-corrected chi connectivity index (χ3v) is 1.72. The molecule has 0 unspecified atom stereocenters. The molecule has 0 aliphatic carbocycles. The smallest absolute Gasteiger partial charge is 0.412 e. The van der Waals surface area contributed by atoms with Crippen LogP contribution in [0.1, 0.15) is 20.8 Å². The molecule has 1 amide bonds. The zero-order valence-corrected chi connectivity index (χ0v) is 10.0. The second kappa shape index (κ2) is 4.88. The number of methoxy groups -OCH3 is 1. The molecule has 0 aliphatic heterocycles. The molecule has 0 fully saturated rings. The number of ether oxygens (including phenoxy) is 2. The van der Waals surface area contributed by atoms with Crippen molar-refractivity contribution in [1.29, 1.82) is 0 Å². The lowest BCUT2D eigenvalue weighted by Crippen LogP contribution is -2.27. The zero-order valence-electron chi connectivity index (χ0n) is 10.0. The van der Waals surface area contributed by atoms with Crippen molar-refractivity contribution in [3.63, 3.8) is 0 Å². The van der Waals surface area contributed by atoms with Crippen LogP contribution in [0.4, 0.5) is 10.5 Å². The molecule has 0 atom stereocenters. The van der Waals surface area contributed by atoms with Gasteiger partial charge >= 0.3 is 6.09 Å². The topological polar surface area (TPSA) is 47.6 Å². The van der Waals surface area contributed by atoms with E-state index in [9.17, 15) is 4.79 Å². The summed E-state index contributed by atoms with van der Waals surface area (Å²) in [5.41, 5.74) is 0.150. The molecule has 1 aromatic rings. The highest BCUT2D eigenvalue weighted by Gasteiger charge is 2.16. The van der Waals surface area contributed by atoms with Crippen LogP contribution in [0.3, 0.4) is 0 Å². The van der Waals surface area contributed by atoms with Crippen LogP contribution in [-0.2, 0) is 4.74 Å². The standard InChI is InChI=1S/C12H17NO3/c1-12(2,3)16-11(14)13-9-6-5-7-10(8-9)15-4/h5-8H,1-4H3,(H,13,14). The predicted octanol–water partition coefficient (Wildman–Crippen LogP) is 3.04. The number of carbonyl (C=O) groups excluding carboxylic acids is 1. The maximum Gasteiger partial charge on any atom is 0.412 e. The van der Waals surface area contributed by atoms with Gasteiger partial charge < -0.3 is 9.47 Å². The minimum atomic E-state index is -0.497. The van der Waals surface area contributed by atoms with Crippen molar-refractivity contribution in [3.05, 3.63) is 24.3 Å². The van der Waals surface area contributed by atoms with Gasteiger partial charge in [-0.25, -0.2) is 4.79 Å². The number of benzene rings is 1. The van der Waals surface area contributed by atoms with Crippen LogP contribution in [0.2, 0.25) is 0 Å². The number of anilines is 1. The van der Waals surface area contributed by atoms with Crippen molar-refractivity contribution in [1.82, 2.24) is 0 Å². The molecule has 0 saturated carbocycles. The molecule has 4 nitrogen and oxygen atoms in total. The largest absolute Gasteiger partial charge is 0.497 e. The van der Waals surface area contributed by atoms with Gasteiger partial charge in [-0.15, -0.1) is 0 Å². The summed E-state index contributed by atoms with van der Waals surface area (Å²) in [7, 11) is 1.58. The molecule has 0 heterocycles. The van der Waals surface area contributed by atoms with Crippen molar-refractivity contribution in [2.75, 3.05) is 12.4 Å². The monoisotopic (exact) mass is 223 g/mol. The quantitative estimate of drug-likeness (QED) is 0.838. The minimum absolute atomic E-state index is 0.472. The lowest BCUT2D eigenvalue weighted by molar-refractivity contribution is 0.0636. The van der Waals surface area contributed by atoms with E-state index >= 15 is 0 Å². The first kappa shape index (κ1) is 12.4. The van der Waals surface area contributed by atoms with Gasteiger partial charge in [0.15, 0.2) is 0 Å². The Morgan fingerprint density at radius 2 is 2.00 bits per heavy atom. The summed E-state index contributed by atoms with van der Waals surface area (Å²) in [4.78, 5) is 11.5. The predicted molar refractivity (Wildman–Crippen MR) is 62.9 cm³/mol. The molecule has 1 rings (SSSR count). The van der Waals surface area contributed by atoms with E-state index in [0.29, 0.717) is 11.4 Å². The molecule has 1 N–H and O–H groups in total. The minimum Gasteiger partial charge on any atom is -0.497 e. The Hall–Kier alpha value is -1.71. The number of hydrogen-bond donors (Lipinski definition) is 1. The summed E-state index contributed by atoms with van der Waals surface area (Å²) in [5.74, 6) is 0.688.